The number of hydrogen-bond acceptors (Lipinski definition) is 1. The fraction of sp³-hybridized carbons (Fsp3) is 0.455. The third-order valence-electron chi connectivity index (χ3n) is 2.13. The molecule has 0 radical (unpaired) electrons. The topological polar surface area (TPSA) is 12.0 Å². The maximum atomic E-state index is 3.50. The van der Waals surface area contributed by atoms with E-state index in [4.69, 9.17) is 0 Å². The summed E-state index contributed by atoms with van der Waals surface area (Å²) in [6, 6.07) is 6.84. The Bertz CT molecular complexity index is 301. The second-order valence-electron chi connectivity index (χ2n) is 3.34. The van der Waals surface area contributed by atoms with Gasteiger partial charge in [-0.3, -0.25) is 0 Å². The lowest BCUT2D eigenvalue weighted by Crippen LogP contribution is -2.20. The largest absolute Gasteiger partial charge is 0.310 e. The van der Waals surface area contributed by atoms with Gasteiger partial charge in [0.25, 0.3) is 0 Å². The van der Waals surface area contributed by atoms with E-state index in [0.29, 0.717) is 6.04 Å². The van der Waals surface area contributed by atoms with Crippen molar-refractivity contribution in [3.63, 3.8) is 0 Å². The summed E-state index contributed by atoms with van der Waals surface area (Å²) in [5, 5.41) is 3.49. The highest BCUT2D eigenvalue weighted by Crippen LogP contribution is 2.23. The summed E-state index contributed by atoms with van der Waals surface area (Å²) in [5.41, 5.74) is 1.37. The number of halogens is 2. The molecule has 0 saturated heterocycles. The quantitative estimate of drug-likeness (QED) is 0.789. The molecule has 0 heterocycles. The highest BCUT2D eigenvalue weighted by molar-refractivity contribution is 14.1. The Morgan fingerprint density at radius 1 is 1.50 bits per heavy atom. The number of nitrogens with one attached hydrogen (secondary N) is 1. The maximum absolute atomic E-state index is 3.50. The van der Waals surface area contributed by atoms with E-state index < -0.39 is 0 Å². The lowest BCUT2D eigenvalue weighted by Gasteiger charge is -2.15. The molecule has 0 aliphatic rings. The Balaban J connectivity index is 2.77. The second kappa shape index (κ2) is 6.08. The van der Waals surface area contributed by atoms with Crippen molar-refractivity contribution in [1.82, 2.24) is 5.32 Å². The van der Waals surface area contributed by atoms with E-state index >= 15 is 0 Å². The first kappa shape index (κ1) is 12.5. The predicted molar refractivity (Wildman–Crippen MR) is 73.6 cm³/mol. The first-order valence-electron chi connectivity index (χ1n) is 4.83. The van der Waals surface area contributed by atoms with Crippen LogP contribution in [-0.4, -0.2) is 6.54 Å². The summed E-state index contributed by atoms with van der Waals surface area (Å²) >= 11 is 5.88. The van der Waals surface area contributed by atoms with Crippen LogP contribution in [0, 0.1) is 3.57 Å². The minimum atomic E-state index is 0.430. The summed E-state index contributed by atoms with van der Waals surface area (Å²) < 4.78 is 2.47. The molecular formula is C11H15BrIN. The van der Waals surface area contributed by atoms with Crippen LogP contribution >= 0.6 is 38.5 Å². The molecule has 0 saturated carbocycles. The summed E-state index contributed by atoms with van der Waals surface area (Å²) in [5.74, 6) is 0. The Morgan fingerprint density at radius 2 is 2.21 bits per heavy atom. The first-order valence-corrected chi connectivity index (χ1v) is 6.70. The van der Waals surface area contributed by atoms with Crippen LogP contribution in [0.1, 0.15) is 31.9 Å². The molecule has 14 heavy (non-hydrogen) atoms. The van der Waals surface area contributed by atoms with E-state index in [2.05, 4.69) is 75.9 Å². The lowest BCUT2D eigenvalue weighted by molar-refractivity contribution is 0.568. The Morgan fingerprint density at radius 3 is 2.86 bits per heavy atom. The van der Waals surface area contributed by atoms with Gasteiger partial charge in [-0.15, -0.1) is 0 Å². The molecular weight excluding hydrogens is 353 g/mol. The van der Waals surface area contributed by atoms with E-state index in [1.807, 2.05) is 0 Å². The Labute approximate surface area is 108 Å². The van der Waals surface area contributed by atoms with E-state index in [1.165, 1.54) is 15.6 Å². The third-order valence-corrected chi connectivity index (χ3v) is 3.60. The normalized spacial score (nSPS) is 12.9. The van der Waals surface area contributed by atoms with Crippen LogP contribution in [0.4, 0.5) is 0 Å². The van der Waals surface area contributed by atoms with Crippen molar-refractivity contribution in [2.45, 2.75) is 26.3 Å². The van der Waals surface area contributed by atoms with Crippen LogP contribution in [0.2, 0.25) is 0 Å². The minimum Gasteiger partial charge on any atom is -0.310 e. The van der Waals surface area contributed by atoms with Crippen LogP contribution < -0.4 is 5.32 Å². The van der Waals surface area contributed by atoms with E-state index in [1.54, 1.807) is 0 Å². The number of hydrogen-bond donors (Lipinski definition) is 1. The van der Waals surface area contributed by atoms with Gasteiger partial charge < -0.3 is 5.32 Å². The Kier molecular flexibility index (Phi) is 5.41. The molecule has 1 nitrogen and oxygen atoms in total. The lowest BCUT2D eigenvalue weighted by atomic mass is 10.1. The maximum Gasteiger partial charge on any atom is 0.0302 e. The van der Waals surface area contributed by atoms with Gasteiger partial charge in [0.15, 0.2) is 0 Å². The van der Waals surface area contributed by atoms with Crippen molar-refractivity contribution in [3.8, 4) is 0 Å². The van der Waals surface area contributed by atoms with Gasteiger partial charge in [0, 0.05) is 14.1 Å². The van der Waals surface area contributed by atoms with Crippen molar-refractivity contribution in [2.24, 2.45) is 0 Å². The van der Waals surface area contributed by atoms with Gasteiger partial charge in [-0.2, -0.15) is 0 Å². The number of rotatable bonds is 4. The summed E-state index contributed by atoms with van der Waals surface area (Å²) in [6.07, 6.45) is 1.18. The predicted octanol–water partition coefficient (Wildman–Crippen LogP) is 4.11. The van der Waals surface area contributed by atoms with Gasteiger partial charge in [-0.25, -0.2) is 0 Å². The summed E-state index contributed by atoms with van der Waals surface area (Å²) in [6.45, 7) is 5.47. The third kappa shape index (κ3) is 3.51. The van der Waals surface area contributed by atoms with Crippen molar-refractivity contribution >= 4 is 38.5 Å². The molecule has 78 valence electrons. The monoisotopic (exact) mass is 367 g/mol. The SMILES string of the molecule is CCCNC(C)c1cc(Br)ccc1I. The van der Waals surface area contributed by atoms with Crippen LogP contribution in [0.3, 0.4) is 0 Å². The molecule has 1 unspecified atom stereocenters. The van der Waals surface area contributed by atoms with Gasteiger partial charge in [0.05, 0.1) is 0 Å². The molecule has 1 aromatic carbocycles. The molecule has 0 aromatic heterocycles. The highest BCUT2D eigenvalue weighted by Gasteiger charge is 2.08. The molecule has 0 bridgehead atoms. The zero-order valence-corrected chi connectivity index (χ0v) is 12.2. The average molecular weight is 368 g/mol. The zero-order chi connectivity index (χ0) is 10.6. The smallest absolute Gasteiger partial charge is 0.0302 e. The van der Waals surface area contributed by atoms with Crippen LogP contribution in [0.15, 0.2) is 22.7 Å². The van der Waals surface area contributed by atoms with Gasteiger partial charge in [0.1, 0.15) is 0 Å². The second-order valence-corrected chi connectivity index (χ2v) is 5.42. The van der Waals surface area contributed by atoms with E-state index in [0.717, 1.165) is 11.0 Å². The molecule has 1 atom stereocenters. The zero-order valence-electron chi connectivity index (χ0n) is 8.48. The molecule has 0 aliphatic heterocycles. The fourth-order valence-corrected chi connectivity index (χ4v) is 2.50. The summed E-state index contributed by atoms with van der Waals surface area (Å²) in [4.78, 5) is 0. The van der Waals surface area contributed by atoms with Crippen LogP contribution in [-0.2, 0) is 0 Å². The average Bonchev–Trinajstić information content (AvgIpc) is 2.18. The van der Waals surface area contributed by atoms with E-state index in [-0.39, 0.29) is 0 Å². The van der Waals surface area contributed by atoms with Crippen LogP contribution in [0.25, 0.3) is 0 Å². The van der Waals surface area contributed by atoms with Crippen molar-refractivity contribution in [1.29, 1.82) is 0 Å². The fourth-order valence-electron chi connectivity index (χ4n) is 1.32. The molecule has 0 fully saturated rings. The molecule has 1 rings (SSSR count). The van der Waals surface area contributed by atoms with Gasteiger partial charge in [-0.1, -0.05) is 22.9 Å². The van der Waals surface area contributed by atoms with Crippen molar-refractivity contribution in [3.05, 3.63) is 31.8 Å². The molecule has 0 aliphatic carbocycles. The van der Waals surface area contributed by atoms with E-state index in [9.17, 15) is 0 Å². The number of benzene rings is 1. The summed E-state index contributed by atoms with van der Waals surface area (Å²) in [7, 11) is 0. The molecule has 1 N–H and O–H groups in total. The van der Waals surface area contributed by atoms with Crippen molar-refractivity contribution < 1.29 is 0 Å². The first-order chi connectivity index (χ1) is 6.65. The van der Waals surface area contributed by atoms with Crippen molar-refractivity contribution in [2.75, 3.05) is 6.54 Å². The van der Waals surface area contributed by atoms with Gasteiger partial charge in [-0.05, 0) is 66.2 Å². The van der Waals surface area contributed by atoms with Gasteiger partial charge >= 0.3 is 0 Å². The molecule has 0 amide bonds. The minimum absolute atomic E-state index is 0.430. The Hall–Kier alpha value is 0.390. The molecule has 1 aromatic rings. The van der Waals surface area contributed by atoms with Crippen LogP contribution in [0.5, 0.6) is 0 Å². The van der Waals surface area contributed by atoms with Gasteiger partial charge in [0.2, 0.25) is 0 Å². The molecule has 3 heteroatoms. The highest BCUT2D eigenvalue weighted by atomic mass is 127. The standard InChI is InChI=1S/C11H15BrIN/c1-3-6-14-8(2)10-7-9(12)4-5-11(10)13/h4-5,7-8,14H,3,6H2,1-2H3. The molecule has 0 spiro atoms.